The quantitative estimate of drug-likeness (QED) is 0.292. The summed E-state index contributed by atoms with van der Waals surface area (Å²) in [6, 6.07) is 0. The Labute approximate surface area is 88.1 Å². The van der Waals surface area contributed by atoms with Crippen LogP contribution in [0.2, 0.25) is 0 Å². The molecule has 0 aromatic heterocycles. The number of Topliss-reactive ketones (excluding diaryl/α,β-unsaturated/α-hetero) is 1. The smallest absolute Gasteiger partial charge is 0.375 e. The summed E-state index contributed by atoms with van der Waals surface area (Å²) >= 11 is 3.66. The van der Waals surface area contributed by atoms with E-state index in [1.165, 1.54) is 14.2 Å². The number of ether oxygens (including phenoxy) is 3. The van der Waals surface area contributed by atoms with Crippen LogP contribution in [0.1, 0.15) is 12.8 Å². The van der Waals surface area contributed by atoms with E-state index in [1.54, 1.807) is 0 Å². The topological polar surface area (TPSA) is 61.8 Å². The molecular weight excluding hydrogens is 208 g/mol. The molecule has 5 nitrogen and oxygen atoms in total. The molecule has 0 unspecified atom stereocenters. The summed E-state index contributed by atoms with van der Waals surface area (Å²) in [5.74, 6) is -1.56. The fraction of sp³-hybridized carbons (Fsp3) is 0.750. The predicted octanol–water partition coefficient (Wildman–Crippen LogP) is 0.385. The van der Waals surface area contributed by atoms with Crippen LogP contribution in [-0.4, -0.2) is 38.2 Å². The maximum Gasteiger partial charge on any atom is 0.375 e. The largest absolute Gasteiger partial charge is 0.449 e. The Hall–Kier alpha value is -0.590. The molecule has 0 saturated carbocycles. The number of methoxy groups -OCH3 is 2. The van der Waals surface area contributed by atoms with Crippen LogP contribution in [0.5, 0.6) is 0 Å². The average Bonchev–Trinajstić information content (AvgIpc) is 2.19. The Morgan fingerprint density at radius 1 is 1.29 bits per heavy atom. The summed E-state index contributed by atoms with van der Waals surface area (Å²) in [6.07, 6.45) is -0.102. The van der Waals surface area contributed by atoms with Crippen LogP contribution in [0.4, 0.5) is 0 Å². The van der Waals surface area contributed by atoms with Crippen molar-refractivity contribution >= 4 is 24.4 Å². The molecular formula is C8H14O5S. The van der Waals surface area contributed by atoms with Crippen LogP contribution in [-0.2, 0) is 23.8 Å². The lowest BCUT2D eigenvalue weighted by molar-refractivity contribution is -0.153. The van der Waals surface area contributed by atoms with E-state index in [2.05, 4.69) is 17.4 Å². The van der Waals surface area contributed by atoms with Crippen molar-refractivity contribution < 1.29 is 23.8 Å². The monoisotopic (exact) mass is 222 g/mol. The second-order valence-electron chi connectivity index (χ2n) is 2.42. The highest BCUT2D eigenvalue weighted by molar-refractivity contribution is 7.80. The normalized spacial score (nSPS) is 10.3. The number of carbonyl (C=O) groups is 2. The Balaban J connectivity index is 3.77. The van der Waals surface area contributed by atoms with Gasteiger partial charge in [0.15, 0.2) is 6.29 Å². The first-order valence-electron chi connectivity index (χ1n) is 4.02. The Morgan fingerprint density at radius 3 is 2.29 bits per heavy atom. The van der Waals surface area contributed by atoms with E-state index < -0.39 is 18.0 Å². The lowest BCUT2D eigenvalue weighted by Gasteiger charge is -2.11. The van der Waals surface area contributed by atoms with Crippen molar-refractivity contribution in [2.45, 2.75) is 19.1 Å². The first-order valence-corrected chi connectivity index (χ1v) is 4.65. The molecule has 14 heavy (non-hydrogen) atoms. The summed E-state index contributed by atoms with van der Waals surface area (Å²) in [5, 5.41) is 0. The second kappa shape index (κ2) is 7.78. The van der Waals surface area contributed by atoms with Gasteiger partial charge in [0.1, 0.15) is 5.94 Å². The maximum absolute atomic E-state index is 11.0. The SMILES string of the molecule is COC(CCC(=O)C(=O)OCS)OC. The van der Waals surface area contributed by atoms with Crippen molar-refractivity contribution in [3.8, 4) is 0 Å². The van der Waals surface area contributed by atoms with Crippen LogP contribution in [0.25, 0.3) is 0 Å². The molecule has 0 fully saturated rings. The fourth-order valence-corrected chi connectivity index (χ4v) is 0.939. The Bertz CT molecular complexity index is 190. The molecule has 0 N–H and O–H groups in total. The fourth-order valence-electron chi connectivity index (χ4n) is 0.822. The number of thiol groups is 1. The maximum atomic E-state index is 11.0. The molecule has 0 aliphatic heterocycles. The minimum atomic E-state index is -0.869. The zero-order valence-electron chi connectivity index (χ0n) is 8.19. The minimum Gasteiger partial charge on any atom is -0.449 e. The zero-order valence-corrected chi connectivity index (χ0v) is 9.08. The van der Waals surface area contributed by atoms with Gasteiger partial charge in [-0.2, -0.15) is 0 Å². The van der Waals surface area contributed by atoms with Crippen molar-refractivity contribution in [1.82, 2.24) is 0 Å². The molecule has 0 bridgehead atoms. The number of hydrogen-bond acceptors (Lipinski definition) is 6. The third-order valence-electron chi connectivity index (χ3n) is 1.56. The first kappa shape index (κ1) is 13.4. The zero-order chi connectivity index (χ0) is 11.0. The van der Waals surface area contributed by atoms with Crippen LogP contribution in [0.15, 0.2) is 0 Å². The highest BCUT2D eigenvalue weighted by Crippen LogP contribution is 2.03. The summed E-state index contributed by atoms with van der Waals surface area (Å²) in [5.41, 5.74) is 0. The van der Waals surface area contributed by atoms with Gasteiger partial charge in [0, 0.05) is 27.1 Å². The van der Waals surface area contributed by atoms with Crippen LogP contribution < -0.4 is 0 Å². The van der Waals surface area contributed by atoms with E-state index in [9.17, 15) is 9.59 Å². The second-order valence-corrected chi connectivity index (χ2v) is 2.68. The van der Waals surface area contributed by atoms with Gasteiger partial charge in [-0.05, 0) is 0 Å². The van der Waals surface area contributed by atoms with Crippen LogP contribution in [0.3, 0.4) is 0 Å². The molecule has 0 aromatic rings. The predicted molar refractivity (Wildman–Crippen MR) is 52.0 cm³/mol. The molecule has 0 rings (SSSR count). The van der Waals surface area contributed by atoms with Crippen LogP contribution >= 0.6 is 12.6 Å². The van der Waals surface area contributed by atoms with Crippen molar-refractivity contribution in [3.63, 3.8) is 0 Å². The summed E-state index contributed by atoms with van der Waals surface area (Å²) < 4.78 is 14.1. The molecule has 0 aliphatic rings. The molecule has 0 spiro atoms. The van der Waals surface area contributed by atoms with Gasteiger partial charge in [-0.3, -0.25) is 4.79 Å². The van der Waals surface area contributed by atoms with Gasteiger partial charge < -0.3 is 14.2 Å². The number of esters is 1. The first-order chi connectivity index (χ1) is 6.65. The molecule has 0 radical (unpaired) electrons. The molecule has 0 atom stereocenters. The van der Waals surface area contributed by atoms with Gasteiger partial charge >= 0.3 is 5.97 Å². The number of rotatable bonds is 7. The molecule has 6 heteroatoms. The van der Waals surface area contributed by atoms with Gasteiger partial charge in [-0.1, -0.05) is 0 Å². The molecule has 0 amide bonds. The van der Waals surface area contributed by atoms with E-state index in [4.69, 9.17) is 9.47 Å². The third kappa shape index (κ3) is 5.21. The van der Waals surface area contributed by atoms with Gasteiger partial charge in [0.2, 0.25) is 5.78 Å². The third-order valence-corrected chi connectivity index (χ3v) is 1.69. The Morgan fingerprint density at radius 2 is 1.86 bits per heavy atom. The van der Waals surface area contributed by atoms with E-state index >= 15 is 0 Å². The summed E-state index contributed by atoms with van der Waals surface area (Å²) in [7, 11) is 2.93. The highest BCUT2D eigenvalue weighted by atomic mass is 32.1. The number of carbonyl (C=O) groups excluding carboxylic acids is 2. The minimum absolute atomic E-state index is 0.0406. The van der Waals surface area contributed by atoms with E-state index in [1.807, 2.05) is 0 Å². The average molecular weight is 222 g/mol. The van der Waals surface area contributed by atoms with E-state index in [0.717, 1.165) is 0 Å². The number of ketones is 1. The Kier molecular flexibility index (Phi) is 7.45. The lowest BCUT2D eigenvalue weighted by Crippen LogP contribution is -2.20. The molecule has 0 aromatic carbocycles. The van der Waals surface area contributed by atoms with Gasteiger partial charge in [-0.15, -0.1) is 12.6 Å². The van der Waals surface area contributed by atoms with Crippen molar-refractivity contribution in [1.29, 1.82) is 0 Å². The molecule has 82 valence electrons. The molecule has 0 saturated heterocycles. The molecule has 0 heterocycles. The van der Waals surface area contributed by atoms with E-state index in [-0.39, 0.29) is 12.4 Å². The van der Waals surface area contributed by atoms with E-state index in [0.29, 0.717) is 6.42 Å². The number of hydrogen-bond donors (Lipinski definition) is 1. The van der Waals surface area contributed by atoms with Gasteiger partial charge in [-0.25, -0.2) is 4.79 Å². The highest BCUT2D eigenvalue weighted by Gasteiger charge is 2.17. The van der Waals surface area contributed by atoms with Crippen molar-refractivity contribution in [2.75, 3.05) is 20.2 Å². The van der Waals surface area contributed by atoms with Crippen LogP contribution in [0, 0.1) is 0 Å². The summed E-state index contributed by atoms with van der Waals surface area (Å²) in [4.78, 5) is 21.9. The molecule has 0 aliphatic carbocycles. The van der Waals surface area contributed by atoms with Gasteiger partial charge in [0.05, 0.1) is 0 Å². The standard InChI is InChI=1S/C8H14O5S/c1-11-7(12-2)4-3-6(9)8(10)13-5-14/h7,14H,3-5H2,1-2H3. The summed E-state index contributed by atoms with van der Waals surface area (Å²) in [6.45, 7) is 0. The lowest BCUT2D eigenvalue weighted by atomic mass is 10.2. The van der Waals surface area contributed by atoms with Crippen molar-refractivity contribution in [2.24, 2.45) is 0 Å². The van der Waals surface area contributed by atoms with Gasteiger partial charge in [0.25, 0.3) is 0 Å². The van der Waals surface area contributed by atoms with Crippen molar-refractivity contribution in [3.05, 3.63) is 0 Å².